The van der Waals surface area contributed by atoms with Gasteiger partial charge in [-0.3, -0.25) is 0 Å². The van der Waals surface area contributed by atoms with Gasteiger partial charge in [0.25, 0.3) is 0 Å². The van der Waals surface area contributed by atoms with Crippen molar-refractivity contribution in [3.8, 4) is 11.3 Å². The third kappa shape index (κ3) is 3.77. The van der Waals surface area contributed by atoms with Gasteiger partial charge in [0.2, 0.25) is 0 Å². The van der Waals surface area contributed by atoms with E-state index in [0.29, 0.717) is 0 Å². The first kappa shape index (κ1) is 18.7. The Bertz CT molecular complexity index is 780. The van der Waals surface area contributed by atoms with Gasteiger partial charge < -0.3 is 14.2 Å². The molecule has 3 fully saturated rings. The molecule has 0 spiro atoms. The summed E-state index contributed by atoms with van der Waals surface area (Å²) >= 11 is 6.03. The van der Waals surface area contributed by atoms with Crippen LogP contribution in [-0.2, 0) is 6.54 Å². The lowest BCUT2D eigenvalue weighted by Gasteiger charge is -2.43. The molecule has 2 N–H and O–H groups in total. The summed E-state index contributed by atoms with van der Waals surface area (Å²) in [4.78, 5) is 3.69. The lowest BCUT2D eigenvalue weighted by molar-refractivity contribution is -1.05. The van der Waals surface area contributed by atoms with Crippen molar-refractivity contribution in [2.45, 2.75) is 63.6 Å². The van der Waals surface area contributed by atoms with Crippen molar-refractivity contribution in [1.82, 2.24) is 0 Å². The maximum Gasteiger partial charge on any atom is 0.158 e. The zero-order valence-electron chi connectivity index (χ0n) is 16.8. The molecule has 150 valence electrons. The second kappa shape index (κ2) is 8.22. The van der Waals surface area contributed by atoms with Crippen LogP contribution < -0.4 is 9.80 Å². The third-order valence-corrected chi connectivity index (χ3v) is 7.81. The highest BCUT2D eigenvalue weighted by Gasteiger charge is 2.49. The van der Waals surface area contributed by atoms with Crippen LogP contribution in [0.1, 0.15) is 50.7 Å². The molecule has 2 unspecified atom stereocenters. The fraction of sp³-hybridized carbons (Fsp3) is 0.583. The van der Waals surface area contributed by atoms with Crippen molar-refractivity contribution in [1.29, 1.82) is 0 Å². The zero-order valence-corrected chi connectivity index (χ0v) is 17.5. The quantitative estimate of drug-likeness (QED) is 0.809. The number of rotatable bonds is 4. The Balaban J connectivity index is 1.34. The van der Waals surface area contributed by atoms with E-state index in [1.165, 1.54) is 64.6 Å². The fourth-order valence-corrected chi connectivity index (χ4v) is 6.41. The average Bonchev–Trinajstić information content (AvgIpc) is 3.39. The molecule has 3 nitrogen and oxygen atoms in total. The van der Waals surface area contributed by atoms with Gasteiger partial charge in [0, 0.05) is 29.3 Å². The van der Waals surface area contributed by atoms with Crippen LogP contribution in [0, 0.1) is 5.92 Å². The Morgan fingerprint density at radius 3 is 2.50 bits per heavy atom. The zero-order chi connectivity index (χ0) is 18.9. The molecular formula is C24H33ClN2O+2. The normalized spacial score (nSPS) is 31.0. The van der Waals surface area contributed by atoms with Crippen LogP contribution in [0.15, 0.2) is 40.8 Å². The smallest absolute Gasteiger partial charge is 0.158 e. The molecule has 0 radical (unpaired) electrons. The Morgan fingerprint density at radius 2 is 1.68 bits per heavy atom. The molecule has 4 heteroatoms. The minimum Gasteiger partial charge on any atom is -0.455 e. The summed E-state index contributed by atoms with van der Waals surface area (Å²) in [7, 11) is 0. The SMILES string of the molecule is Clc1ccc(-c2ccc(C[NH+]3CC[NH+]4CCC[C@@H]4[C@H]3C3CCCCC3)o2)cc1. The summed E-state index contributed by atoms with van der Waals surface area (Å²) in [5.74, 6) is 3.03. The van der Waals surface area contributed by atoms with Gasteiger partial charge in [-0.15, -0.1) is 0 Å². The van der Waals surface area contributed by atoms with Gasteiger partial charge in [-0.25, -0.2) is 0 Å². The van der Waals surface area contributed by atoms with Gasteiger partial charge in [-0.1, -0.05) is 30.9 Å². The third-order valence-electron chi connectivity index (χ3n) is 7.56. The number of nitrogens with one attached hydrogen (secondary N) is 2. The van der Waals surface area contributed by atoms with Gasteiger partial charge in [0.15, 0.2) is 5.76 Å². The van der Waals surface area contributed by atoms with E-state index in [9.17, 15) is 0 Å². The highest BCUT2D eigenvalue weighted by Crippen LogP contribution is 2.29. The topological polar surface area (TPSA) is 22.0 Å². The van der Waals surface area contributed by atoms with Crippen molar-refractivity contribution in [2.75, 3.05) is 19.6 Å². The largest absolute Gasteiger partial charge is 0.455 e. The molecular weight excluding hydrogens is 368 g/mol. The standard InChI is InChI=1S/C24H31ClN2O/c25-20-10-8-18(9-11-20)23-13-12-21(28-23)17-27-16-15-26-14-4-7-22(26)24(27)19-5-2-1-3-6-19/h8-13,19,22,24H,1-7,14-17H2/p+2/t22-,24-/m1/s1. The van der Waals surface area contributed by atoms with E-state index >= 15 is 0 Å². The van der Waals surface area contributed by atoms with E-state index in [-0.39, 0.29) is 0 Å². The first-order valence-corrected chi connectivity index (χ1v) is 11.7. The summed E-state index contributed by atoms with van der Waals surface area (Å²) < 4.78 is 6.29. The van der Waals surface area contributed by atoms with E-state index in [4.69, 9.17) is 16.0 Å². The van der Waals surface area contributed by atoms with Crippen molar-refractivity contribution >= 4 is 11.6 Å². The molecule has 1 aromatic carbocycles. The predicted octanol–water partition coefficient (Wildman–Crippen LogP) is 2.99. The van der Waals surface area contributed by atoms with Crippen molar-refractivity contribution in [3.05, 3.63) is 47.2 Å². The second-order valence-corrected chi connectivity index (χ2v) is 9.63. The van der Waals surface area contributed by atoms with Crippen LogP contribution in [0.5, 0.6) is 0 Å². The van der Waals surface area contributed by atoms with Gasteiger partial charge in [-0.05, 0) is 49.2 Å². The van der Waals surface area contributed by atoms with Gasteiger partial charge >= 0.3 is 0 Å². The van der Waals surface area contributed by atoms with E-state index in [1.54, 1.807) is 4.90 Å². The number of fused-ring (bicyclic) bond motifs is 1. The summed E-state index contributed by atoms with van der Waals surface area (Å²) in [6.07, 6.45) is 10.1. The average molecular weight is 401 g/mol. The molecule has 2 aliphatic heterocycles. The van der Waals surface area contributed by atoms with E-state index in [1.807, 2.05) is 29.2 Å². The summed E-state index contributed by atoms with van der Waals surface area (Å²) in [6, 6.07) is 14.0. The summed E-state index contributed by atoms with van der Waals surface area (Å²) in [5.41, 5.74) is 1.11. The second-order valence-electron chi connectivity index (χ2n) is 9.19. The van der Waals surface area contributed by atoms with Crippen LogP contribution in [0.25, 0.3) is 11.3 Å². The lowest BCUT2D eigenvalue weighted by Crippen LogP contribution is -3.32. The highest BCUT2D eigenvalue weighted by molar-refractivity contribution is 6.30. The minimum absolute atomic E-state index is 0.771. The molecule has 5 rings (SSSR count). The Hall–Kier alpha value is -1.29. The number of hydrogen-bond acceptors (Lipinski definition) is 1. The summed E-state index contributed by atoms with van der Waals surface area (Å²) in [6.45, 7) is 5.08. The molecule has 0 amide bonds. The van der Waals surface area contributed by atoms with Gasteiger partial charge in [0.05, 0.1) is 6.54 Å². The number of halogens is 1. The molecule has 2 saturated heterocycles. The molecule has 4 atom stereocenters. The predicted molar refractivity (Wildman–Crippen MR) is 113 cm³/mol. The molecule has 3 heterocycles. The Labute approximate surface area is 173 Å². The number of furan rings is 1. The number of quaternary nitrogens is 2. The van der Waals surface area contributed by atoms with Gasteiger partial charge in [-0.2, -0.15) is 0 Å². The maximum atomic E-state index is 6.29. The molecule has 3 aliphatic rings. The first-order valence-electron chi connectivity index (χ1n) is 11.3. The first-order chi connectivity index (χ1) is 13.8. The van der Waals surface area contributed by atoms with E-state index in [0.717, 1.165) is 46.7 Å². The fourth-order valence-electron chi connectivity index (χ4n) is 6.28. The Kier molecular flexibility index (Phi) is 5.49. The van der Waals surface area contributed by atoms with Crippen LogP contribution >= 0.6 is 11.6 Å². The Morgan fingerprint density at radius 1 is 0.857 bits per heavy atom. The van der Waals surface area contributed by atoms with Crippen molar-refractivity contribution in [2.24, 2.45) is 5.92 Å². The molecule has 1 aliphatic carbocycles. The molecule has 0 bridgehead atoms. The maximum absolute atomic E-state index is 6.29. The minimum atomic E-state index is 0.771. The van der Waals surface area contributed by atoms with Crippen LogP contribution in [0.3, 0.4) is 0 Å². The number of hydrogen-bond donors (Lipinski definition) is 2. The molecule has 28 heavy (non-hydrogen) atoms. The van der Waals surface area contributed by atoms with Crippen LogP contribution in [0.4, 0.5) is 0 Å². The summed E-state index contributed by atoms with van der Waals surface area (Å²) in [5, 5.41) is 0.771. The van der Waals surface area contributed by atoms with Crippen molar-refractivity contribution < 1.29 is 14.2 Å². The van der Waals surface area contributed by atoms with Crippen LogP contribution in [-0.4, -0.2) is 31.7 Å². The van der Waals surface area contributed by atoms with E-state index < -0.39 is 0 Å². The number of piperazine rings is 1. The van der Waals surface area contributed by atoms with Crippen LogP contribution in [0.2, 0.25) is 5.02 Å². The molecule has 1 saturated carbocycles. The molecule has 1 aromatic heterocycles. The monoisotopic (exact) mass is 400 g/mol. The van der Waals surface area contributed by atoms with Crippen molar-refractivity contribution in [3.63, 3.8) is 0 Å². The van der Waals surface area contributed by atoms with Gasteiger partial charge in [0.1, 0.15) is 37.5 Å². The number of benzene rings is 1. The van der Waals surface area contributed by atoms with E-state index in [2.05, 4.69) is 12.1 Å². The molecule has 2 aromatic rings. The lowest BCUT2D eigenvalue weighted by atomic mass is 9.78. The highest BCUT2D eigenvalue weighted by atomic mass is 35.5.